The number of non-ortho nitro benzene ring substituents is 1. The largest absolute Gasteiger partial charge is 0.497 e. The lowest BCUT2D eigenvalue weighted by atomic mass is 10.1. The van der Waals surface area contributed by atoms with Gasteiger partial charge in [-0.05, 0) is 48.0 Å². The summed E-state index contributed by atoms with van der Waals surface area (Å²) in [6, 6.07) is 21.4. The van der Waals surface area contributed by atoms with E-state index in [9.17, 15) is 10.1 Å². The van der Waals surface area contributed by atoms with Crippen molar-refractivity contribution < 1.29 is 9.66 Å². The quantitative estimate of drug-likeness (QED) is 0.184. The fourth-order valence-corrected chi connectivity index (χ4v) is 4.07. The monoisotopic (exact) mass is 449 g/mol. The molecule has 0 amide bonds. The molecule has 3 aromatic carbocycles. The van der Waals surface area contributed by atoms with Crippen LogP contribution in [0.1, 0.15) is 5.56 Å². The molecule has 1 heterocycles. The van der Waals surface area contributed by atoms with Gasteiger partial charge in [-0.2, -0.15) is 0 Å². The van der Waals surface area contributed by atoms with Crippen molar-refractivity contribution in [3.63, 3.8) is 0 Å². The third kappa shape index (κ3) is 4.63. The minimum Gasteiger partial charge on any atom is -0.497 e. The van der Waals surface area contributed by atoms with Crippen LogP contribution in [0.25, 0.3) is 21.7 Å². The van der Waals surface area contributed by atoms with Crippen LogP contribution >= 0.6 is 22.9 Å². The fourth-order valence-electron chi connectivity index (χ4n) is 2.94. The van der Waals surface area contributed by atoms with Crippen molar-refractivity contribution in [1.82, 2.24) is 4.98 Å². The van der Waals surface area contributed by atoms with Gasteiger partial charge in [0.05, 0.1) is 22.6 Å². The average molecular weight is 450 g/mol. The van der Waals surface area contributed by atoms with Gasteiger partial charge >= 0.3 is 0 Å². The van der Waals surface area contributed by atoms with Crippen LogP contribution in [0, 0.1) is 10.1 Å². The number of nitro groups is 1. The summed E-state index contributed by atoms with van der Waals surface area (Å²) in [5.41, 5.74) is 3.30. The van der Waals surface area contributed by atoms with Gasteiger partial charge in [0.1, 0.15) is 5.75 Å². The first-order chi connectivity index (χ1) is 15.0. The van der Waals surface area contributed by atoms with E-state index >= 15 is 0 Å². The second kappa shape index (κ2) is 9.07. The lowest BCUT2D eigenvalue weighted by Gasteiger charge is -2.04. The molecule has 0 unspecified atom stereocenters. The number of ether oxygens (including phenoxy) is 1. The number of rotatable bonds is 6. The number of nitrogens with zero attached hydrogens (tertiary/aromatic N) is 3. The molecule has 0 spiro atoms. The van der Waals surface area contributed by atoms with Crippen LogP contribution in [0.3, 0.4) is 0 Å². The molecule has 8 heteroatoms. The summed E-state index contributed by atoms with van der Waals surface area (Å²) in [6.07, 6.45) is 1.68. The number of halogens is 1. The highest BCUT2D eigenvalue weighted by Gasteiger charge is 2.16. The van der Waals surface area contributed by atoms with E-state index in [1.54, 1.807) is 31.5 Å². The Morgan fingerprint density at radius 2 is 1.71 bits per heavy atom. The van der Waals surface area contributed by atoms with Crippen molar-refractivity contribution in [2.45, 2.75) is 0 Å². The average Bonchev–Trinajstić information content (AvgIpc) is 3.23. The zero-order valence-electron chi connectivity index (χ0n) is 16.4. The van der Waals surface area contributed by atoms with Crippen molar-refractivity contribution in [2.75, 3.05) is 7.11 Å². The van der Waals surface area contributed by atoms with Gasteiger partial charge in [0, 0.05) is 34.5 Å². The highest BCUT2D eigenvalue weighted by Crippen LogP contribution is 2.41. The molecule has 0 bridgehead atoms. The molecule has 0 aliphatic carbocycles. The molecule has 0 radical (unpaired) electrons. The first-order valence-electron chi connectivity index (χ1n) is 9.24. The highest BCUT2D eigenvalue weighted by molar-refractivity contribution is 7.19. The van der Waals surface area contributed by atoms with Crippen molar-refractivity contribution in [2.24, 2.45) is 4.99 Å². The van der Waals surface area contributed by atoms with E-state index in [0.717, 1.165) is 33.0 Å². The molecule has 4 rings (SSSR count). The van der Waals surface area contributed by atoms with Crippen molar-refractivity contribution >= 4 is 40.0 Å². The van der Waals surface area contributed by atoms with Crippen LogP contribution in [0.5, 0.6) is 5.75 Å². The first-order valence-corrected chi connectivity index (χ1v) is 10.4. The third-order valence-corrected chi connectivity index (χ3v) is 5.90. The summed E-state index contributed by atoms with van der Waals surface area (Å²) >= 11 is 7.62. The van der Waals surface area contributed by atoms with Crippen molar-refractivity contribution in [1.29, 1.82) is 0 Å². The number of aromatic nitrogens is 1. The van der Waals surface area contributed by atoms with Crippen LogP contribution in [0.2, 0.25) is 5.02 Å². The smallest absolute Gasteiger partial charge is 0.269 e. The predicted molar refractivity (Wildman–Crippen MR) is 125 cm³/mol. The molecular formula is C23H16ClN3O3S. The zero-order valence-corrected chi connectivity index (χ0v) is 17.9. The second-order valence-corrected chi connectivity index (χ2v) is 7.87. The molecule has 0 atom stereocenters. The zero-order chi connectivity index (χ0) is 21.8. The standard InChI is InChI=1S/C23H16ClN3O3S/c1-30-19-12-8-15(9-13-19)21-22(16-6-10-18(11-7-16)27(28)29)31-23(26-21)25-14-17-4-2-3-5-20(17)24/h2-14H,1H3. The molecule has 31 heavy (non-hydrogen) atoms. The Balaban J connectivity index is 1.77. The van der Waals surface area contributed by atoms with Crippen LogP contribution in [-0.2, 0) is 0 Å². The number of thiazole rings is 1. The Hall–Kier alpha value is -3.55. The molecule has 0 saturated carbocycles. The fraction of sp³-hybridized carbons (Fsp3) is 0.0435. The third-order valence-electron chi connectivity index (χ3n) is 4.54. The van der Waals surface area contributed by atoms with Gasteiger partial charge in [-0.1, -0.05) is 41.1 Å². The van der Waals surface area contributed by atoms with Crippen LogP contribution in [0.4, 0.5) is 10.8 Å². The number of hydrogen-bond donors (Lipinski definition) is 0. The lowest BCUT2D eigenvalue weighted by molar-refractivity contribution is -0.384. The molecule has 4 aromatic rings. The van der Waals surface area contributed by atoms with Crippen LogP contribution in [-0.4, -0.2) is 23.2 Å². The SMILES string of the molecule is COc1ccc(-c2nc(N=Cc3ccccc3Cl)sc2-c2ccc([N+](=O)[O-])cc2)cc1. The number of methoxy groups -OCH3 is 1. The van der Waals surface area contributed by atoms with Gasteiger partial charge in [0.2, 0.25) is 5.13 Å². The van der Waals surface area contributed by atoms with Gasteiger partial charge in [0.15, 0.2) is 0 Å². The Morgan fingerprint density at radius 1 is 1.03 bits per heavy atom. The minimum absolute atomic E-state index is 0.0382. The minimum atomic E-state index is -0.417. The maximum absolute atomic E-state index is 11.0. The molecule has 6 nitrogen and oxygen atoms in total. The second-order valence-electron chi connectivity index (χ2n) is 6.49. The normalized spacial score (nSPS) is 11.0. The van der Waals surface area contributed by atoms with E-state index in [-0.39, 0.29) is 5.69 Å². The van der Waals surface area contributed by atoms with E-state index in [4.69, 9.17) is 21.3 Å². The number of aliphatic imine (C=N–C) groups is 1. The Kier molecular flexibility index (Phi) is 6.06. The van der Waals surface area contributed by atoms with Gasteiger partial charge in [-0.25, -0.2) is 9.98 Å². The summed E-state index contributed by atoms with van der Waals surface area (Å²) in [5.74, 6) is 0.743. The Labute approximate surface area is 187 Å². The van der Waals surface area contributed by atoms with E-state index in [0.29, 0.717) is 10.2 Å². The maximum atomic E-state index is 11.0. The number of nitro benzene ring substituents is 1. The van der Waals surface area contributed by atoms with Crippen molar-refractivity contribution in [3.05, 3.63) is 93.5 Å². The summed E-state index contributed by atoms with van der Waals surface area (Å²) in [6.45, 7) is 0. The summed E-state index contributed by atoms with van der Waals surface area (Å²) < 4.78 is 5.24. The summed E-state index contributed by atoms with van der Waals surface area (Å²) in [7, 11) is 1.61. The van der Waals surface area contributed by atoms with Crippen LogP contribution in [0.15, 0.2) is 77.8 Å². The number of hydrogen-bond acceptors (Lipinski definition) is 6. The van der Waals surface area contributed by atoms with E-state index < -0.39 is 4.92 Å². The number of benzene rings is 3. The van der Waals surface area contributed by atoms with E-state index in [1.807, 2.05) is 42.5 Å². The molecule has 0 fully saturated rings. The lowest BCUT2D eigenvalue weighted by Crippen LogP contribution is -1.88. The summed E-state index contributed by atoms with van der Waals surface area (Å²) in [4.78, 5) is 20.7. The summed E-state index contributed by atoms with van der Waals surface area (Å²) in [5, 5.41) is 12.2. The molecule has 1 aromatic heterocycles. The first kappa shape index (κ1) is 20.7. The van der Waals surface area contributed by atoms with Gasteiger partial charge in [0.25, 0.3) is 5.69 Å². The Bertz CT molecular complexity index is 1250. The highest BCUT2D eigenvalue weighted by atomic mass is 35.5. The molecule has 0 aliphatic heterocycles. The Morgan fingerprint density at radius 3 is 2.35 bits per heavy atom. The van der Waals surface area contributed by atoms with Gasteiger partial charge in [-0.3, -0.25) is 10.1 Å². The van der Waals surface area contributed by atoms with Gasteiger partial charge in [-0.15, -0.1) is 0 Å². The maximum Gasteiger partial charge on any atom is 0.269 e. The molecule has 0 aliphatic rings. The van der Waals surface area contributed by atoms with Crippen molar-refractivity contribution in [3.8, 4) is 27.4 Å². The topological polar surface area (TPSA) is 77.6 Å². The van der Waals surface area contributed by atoms with E-state index in [1.165, 1.54) is 23.5 Å². The van der Waals surface area contributed by atoms with Crippen LogP contribution < -0.4 is 4.74 Å². The predicted octanol–water partition coefficient (Wildman–Crippen LogP) is 6.80. The molecule has 0 saturated heterocycles. The van der Waals surface area contributed by atoms with E-state index in [2.05, 4.69) is 4.99 Å². The molecule has 154 valence electrons. The molecular weight excluding hydrogens is 434 g/mol. The molecule has 0 N–H and O–H groups in total. The van der Waals surface area contributed by atoms with Gasteiger partial charge < -0.3 is 4.74 Å².